The molecule has 0 saturated heterocycles. The van der Waals surface area contributed by atoms with Gasteiger partial charge in [0.15, 0.2) is 0 Å². The zero-order valence-corrected chi connectivity index (χ0v) is 14.9. The summed E-state index contributed by atoms with van der Waals surface area (Å²) in [6, 6.07) is 11.5. The molecule has 1 aliphatic rings. The zero-order chi connectivity index (χ0) is 16.6. The predicted molar refractivity (Wildman–Crippen MR) is 94.9 cm³/mol. The molecular weight excluding hydrogens is 308 g/mol. The number of hydrogen-bond acceptors (Lipinski definition) is 4. The third-order valence-electron chi connectivity index (χ3n) is 3.83. The van der Waals surface area contributed by atoms with E-state index >= 15 is 0 Å². The molecule has 5 heteroatoms. The molecule has 3 rings (SSSR count). The van der Waals surface area contributed by atoms with Crippen LogP contribution in [0.2, 0.25) is 0 Å². The lowest BCUT2D eigenvalue weighted by Gasteiger charge is -2.20. The molecule has 1 amide bonds. The van der Waals surface area contributed by atoms with Crippen LogP contribution in [0.1, 0.15) is 45.0 Å². The highest BCUT2D eigenvalue weighted by Crippen LogP contribution is 2.32. The summed E-state index contributed by atoms with van der Waals surface area (Å²) in [6.45, 7) is 7.80. The first-order chi connectivity index (χ1) is 10.8. The summed E-state index contributed by atoms with van der Waals surface area (Å²) in [6.07, 6.45) is 0.621. The number of nitrogens with one attached hydrogen (secondary N) is 2. The van der Waals surface area contributed by atoms with Crippen molar-refractivity contribution in [3.8, 4) is 0 Å². The Bertz CT molecular complexity index is 671. The summed E-state index contributed by atoms with van der Waals surface area (Å²) in [4.78, 5) is 13.1. The number of carbonyl (C=O) groups is 1. The van der Waals surface area contributed by atoms with Crippen molar-refractivity contribution < 1.29 is 9.53 Å². The highest BCUT2D eigenvalue weighted by Gasteiger charge is 2.40. The first-order valence-corrected chi connectivity index (χ1v) is 8.87. The topological polar surface area (TPSA) is 50.4 Å². The van der Waals surface area contributed by atoms with Crippen molar-refractivity contribution >= 4 is 27.5 Å². The van der Waals surface area contributed by atoms with Crippen LogP contribution in [0, 0.1) is 0 Å². The standard InChI is InChI=1S/C18H24N2O2S/c1-11(16-9-12-7-5-6-8-15(12)23-16)19-13-10-14(13)20-17(21)22-18(2,3)4/h5-9,11,13-14,19H,10H2,1-4H3,(H,20,21). The van der Waals surface area contributed by atoms with Crippen molar-refractivity contribution in [1.82, 2.24) is 10.6 Å². The molecule has 2 N–H and O–H groups in total. The van der Waals surface area contributed by atoms with E-state index in [-0.39, 0.29) is 18.2 Å². The average molecular weight is 332 g/mol. The molecule has 0 aliphatic heterocycles. The number of fused-ring (bicyclic) bond motifs is 1. The molecule has 3 unspecified atom stereocenters. The fraction of sp³-hybridized carbons (Fsp3) is 0.500. The van der Waals surface area contributed by atoms with E-state index in [1.807, 2.05) is 32.1 Å². The van der Waals surface area contributed by atoms with Crippen molar-refractivity contribution in [3.63, 3.8) is 0 Å². The normalized spacial score (nSPS) is 21.9. The van der Waals surface area contributed by atoms with Gasteiger partial charge in [-0.1, -0.05) is 18.2 Å². The molecule has 0 bridgehead atoms. The highest BCUT2D eigenvalue weighted by molar-refractivity contribution is 7.19. The van der Waals surface area contributed by atoms with Gasteiger partial charge in [-0.05, 0) is 51.6 Å². The Kier molecular flexibility index (Phi) is 4.34. The quantitative estimate of drug-likeness (QED) is 0.881. The van der Waals surface area contributed by atoms with Crippen LogP contribution in [0.5, 0.6) is 0 Å². The Morgan fingerprint density at radius 2 is 2.04 bits per heavy atom. The molecule has 2 aromatic rings. The van der Waals surface area contributed by atoms with E-state index in [0.29, 0.717) is 6.04 Å². The van der Waals surface area contributed by atoms with E-state index in [0.717, 1.165) is 6.42 Å². The summed E-state index contributed by atoms with van der Waals surface area (Å²) >= 11 is 1.82. The summed E-state index contributed by atoms with van der Waals surface area (Å²) in [7, 11) is 0. The SMILES string of the molecule is CC(NC1CC1NC(=O)OC(C)(C)C)c1cc2ccccc2s1. The molecule has 1 fully saturated rings. The van der Waals surface area contributed by atoms with E-state index < -0.39 is 5.60 Å². The van der Waals surface area contributed by atoms with Gasteiger partial charge in [-0.25, -0.2) is 4.79 Å². The number of amides is 1. The van der Waals surface area contributed by atoms with Gasteiger partial charge in [-0.2, -0.15) is 0 Å². The minimum absolute atomic E-state index is 0.168. The molecule has 1 aliphatic carbocycles. The molecule has 1 aromatic carbocycles. The lowest BCUT2D eigenvalue weighted by atomic mass is 10.2. The van der Waals surface area contributed by atoms with Gasteiger partial charge in [0.2, 0.25) is 0 Å². The number of rotatable bonds is 4. The number of carbonyl (C=O) groups excluding carboxylic acids is 1. The minimum Gasteiger partial charge on any atom is -0.444 e. The van der Waals surface area contributed by atoms with Crippen LogP contribution in [-0.2, 0) is 4.74 Å². The summed E-state index contributed by atoms with van der Waals surface area (Å²) in [5, 5.41) is 7.81. The van der Waals surface area contributed by atoms with Crippen LogP contribution >= 0.6 is 11.3 Å². The number of ether oxygens (including phenoxy) is 1. The lowest BCUT2D eigenvalue weighted by Crippen LogP contribution is -2.37. The number of thiophene rings is 1. The first kappa shape index (κ1) is 16.3. The Morgan fingerprint density at radius 1 is 1.30 bits per heavy atom. The smallest absolute Gasteiger partial charge is 0.407 e. The molecule has 0 radical (unpaired) electrons. The van der Waals surface area contributed by atoms with Gasteiger partial charge in [0, 0.05) is 27.7 Å². The maximum Gasteiger partial charge on any atom is 0.407 e. The lowest BCUT2D eigenvalue weighted by molar-refractivity contribution is 0.0522. The Labute approximate surface area is 141 Å². The third kappa shape index (κ3) is 4.24. The van der Waals surface area contributed by atoms with E-state index in [1.165, 1.54) is 15.0 Å². The first-order valence-electron chi connectivity index (χ1n) is 8.06. The summed E-state index contributed by atoms with van der Waals surface area (Å²) in [5.41, 5.74) is -0.452. The number of alkyl carbamates (subject to hydrolysis) is 1. The van der Waals surface area contributed by atoms with Gasteiger partial charge in [0.1, 0.15) is 5.60 Å². The van der Waals surface area contributed by atoms with Crippen molar-refractivity contribution in [3.05, 3.63) is 35.2 Å². The average Bonchev–Trinajstić information content (AvgIpc) is 3.00. The monoisotopic (exact) mass is 332 g/mol. The molecule has 1 heterocycles. The Morgan fingerprint density at radius 3 is 2.74 bits per heavy atom. The van der Waals surface area contributed by atoms with Crippen LogP contribution in [0.4, 0.5) is 4.79 Å². The Balaban J connectivity index is 1.52. The number of hydrogen-bond donors (Lipinski definition) is 2. The molecule has 4 nitrogen and oxygen atoms in total. The van der Waals surface area contributed by atoms with Gasteiger partial charge < -0.3 is 15.4 Å². The van der Waals surface area contributed by atoms with E-state index in [4.69, 9.17) is 4.74 Å². The van der Waals surface area contributed by atoms with E-state index in [2.05, 4.69) is 47.9 Å². The Hall–Kier alpha value is -1.59. The van der Waals surface area contributed by atoms with Gasteiger partial charge in [-0.15, -0.1) is 11.3 Å². The molecule has 0 spiro atoms. The molecule has 3 atom stereocenters. The van der Waals surface area contributed by atoms with Gasteiger partial charge >= 0.3 is 6.09 Å². The highest BCUT2D eigenvalue weighted by atomic mass is 32.1. The van der Waals surface area contributed by atoms with Crippen molar-refractivity contribution in [2.75, 3.05) is 0 Å². The molecular formula is C18H24N2O2S. The van der Waals surface area contributed by atoms with Crippen LogP contribution < -0.4 is 10.6 Å². The maximum atomic E-state index is 11.8. The maximum absolute atomic E-state index is 11.8. The van der Waals surface area contributed by atoms with Crippen LogP contribution in [0.15, 0.2) is 30.3 Å². The third-order valence-corrected chi connectivity index (χ3v) is 5.13. The largest absolute Gasteiger partial charge is 0.444 e. The second-order valence-electron chi connectivity index (χ2n) is 7.17. The fourth-order valence-corrected chi connectivity index (χ4v) is 3.69. The summed E-state index contributed by atoms with van der Waals surface area (Å²) < 4.78 is 6.61. The molecule has 1 saturated carbocycles. The zero-order valence-electron chi connectivity index (χ0n) is 14.1. The van der Waals surface area contributed by atoms with Crippen LogP contribution in [-0.4, -0.2) is 23.8 Å². The fourth-order valence-electron chi connectivity index (χ4n) is 2.62. The predicted octanol–water partition coefficient (Wildman–Crippen LogP) is 4.22. The van der Waals surface area contributed by atoms with E-state index in [1.54, 1.807) is 0 Å². The van der Waals surface area contributed by atoms with E-state index in [9.17, 15) is 4.79 Å². The second kappa shape index (κ2) is 6.13. The molecule has 124 valence electrons. The van der Waals surface area contributed by atoms with Gasteiger partial charge in [-0.3, -0.25) is 0 Å². The molecule has 23 heavy (non-hydrogen) atoms. The van der Waals surface area contributed by atoms with Crippen molar-refractivity contribution in [2.45, 2.75) is 57.8 Å². The van der Waals surface area contributed by atoms with Crippen molar-refractivity contribution in [1.29, 1.82) is 0 Å². The van der Waals surface area contributed by atoms with Gasteiger partial charge in [0.05, 0.1) is 0 Å². The minimum atomic E-state index is -0.452. The second-order valence-corrected chi connectivity index (χ2v) is 8.29. The van der Waals surface area contributed by atoms with Crippen LogP contribution in [0.25, 0.3) is 10.1 Å². The number of benzene rings is 1. The molecule has 1 aromatic heterocycles. The van der Waals surface area contributed by atoms with Crippen LogP contribution in [0.3, 0.4) is 0 Å². The summed E-state index contributed by atoms with van der Waals surface area (Å²) in [5.74, 6) is 0. The van der Waals surface area contributed by atoms with Gasteiger partial charge in [0.25, 0.3) is 0 Å². The van der Waals surface area contributed by atoms with Crippen molar-refractivity contribution in [2.24, 2.45) is 0 Å².